The van der Waals surface area contributed by atoms with Crippen LogP contribution in [0.5, 0.6) is 0 Å². The Balaban J connectivity index is 1.98. The Hall–Kier alpha value is -1.62. The fourth-order valence-electron chi connectivity index (χ4n) is 3.08. The van der Waals surface area contributed by atoms with E-state index >= 15 is 0 Å². The predicted octanol–water partition coefficient (Wildman–Crippen LogP) is 4.76. The van der Waals surface area contributed by atoms with Gasteiger partial charge in [-0.15, -0.1) is 0 Å². The molecule has 5 nitrogen and oxygen atoms in total. The molecule has 5 heteroatoms. The van der Waals surface area contributed by atoms with Crippen LogP contribution in [-0.4, -0.2) is 34.7 Å². The van der Waals surface area contributed by atoms with Crippen molar-refractivity contribution < 1.29 is 9.53 Å². The SMILES string of the molecule is CCCCN1CCCC[C@H]1c1ccc(NC(=O)OC(C)(C)C)nc1. The largest absolute Gasteiger partial charge is 0.444 e. The van der Waals surface area contributed by atoms with Crippen LogP contribution in [0.2, 0.25) is 0 Å². The zero-order valence-electron chi connectivity index (χ0n) is 15.5. The summed E-state index contributed by atoms with van der Waals surface area (Å²) in [4.78, 5) is 18.8. The Kier molecular flexibility index (Phi) is 6.60. The number of anilines is 1. The summed E-state index contributed by atoms with van der Waals surface area (Å²) in [6, 6.07) is 4.40. The van der Waals surface area contributed by atoms with Gasteiger partial charge in [0.05, 0.1) is 0 Å². The first-order chi connectivity index (χ1) is 11.4. The van der Waals surface area contributed by atoms with Crippen molar-refractivity contribution in [3.05, 3.63) is 23.9 Å². The summed E-state index contributed by atoms with van der Waals surface area (Å²) in [7, 11) is 0. The highest BCUT2D eigenvalue weighted by atomic mass is 16.6. The van der Waals surface area contributed by atoms with Crippen molar-refractivity contribution in [3.8, 4) is 0 Å². The van der Waals surface area contributed by atoms with E-state index < -0.39 is 11.7 Å². The molecule has 0 radical (unpaired) electrons. The average molecular weight is 333 g/mol. The van der Waals surface area contributed by atoms with E-state index in [1.165, 1.54) is 44.2 Å². The van der Waals surface area contributed by atoms with E-state index in [0.717, 1.165) is 6.54 Å². The molecule has 1 amide bonds. The third-order valence-electron chi connectivity index (χ3n) is 4.21. The lowest BCUT2D eigenvalue weighted by Crippen LogP contribution is -2.34. The lowest BCUT2D eigenvalue weighted by atomic mass is 9.96. The van der Waals surface area contributed by atoms with E-state index in [1.54, 1.807) is 0 Å². The van der Waals surface area contributed by atoms with Gasteiger partial charge in [-0.2, -0.15) is 0 Å². The van der Waals surface area contributed by atoms with Crippen LogP contribution in [0.3, 0.4) is 0 Å². The number of piperidine rings is 1. The summed E-state index contributed by atoms with van der Waals surface area (Å²) in [6.45, 7) is 10.1. The molecule has 2 rings (SSSR count). The topological polar surface area (TPSA) is 54.5 Å². The van der Waals surface area contributed by atoms with E-state index in [-0.39, 0.29) is 0 Å². The number of nitrogens with zero attached hydrogens (tertiary/aromatic N) is 2. The van der Waals surface area contributed by atoms with E-state index in [1.807, 2.05) is 33.0 Å². The molecule has 1 aliphatic heterocycles. The number of likely N-dealkylation sites (tertiary alicyclic amines) is 1. The molecule has 24 heavy (non-hydrogen) atoms. The van der Waals surface area contributed by atoms with Crippen molar-refractivity contribution in [1.82, 2.24) is 9.88 Å². The molecule has 1 fully saturated rings. The molecule has 1 aliphatic rings. The van der Waals surface area contributed by atoms with Crippen LogP contribution in [0.1, 0.15) is 71.4 Å². The molecule has 1 atom stereocenters. The van der Waals surface area contributed by atoms with Gasteiger partial charge in [0.25, 0.3) is 0 Å². The molecule has 2 heterocycles. The Bertz CT molecular complexity index is 522. The normalized spacial score (nSPS) is 19.1. The number of hydrogen-bond acceptors (Lipinski definition) is 4. The van der Waals surface area contributed by atoms with Gasteiger partial charge in [0, 0.05) is 12.2 Å². The molecular formula is C19H31N3O2. The van der Waals surface area contributed by atoms with Crippen molar-refractivity contribution >= 4 is 11.9 Å². The van der Waals surface area contributed by atoms with E-state index in [2.05, 4.69) is 28.2 Å². The molecule has 1 aromatic rings. The summed E-state index contributed by atoms with van der Waals surface area (Å²) >= 11 is 0. The van der Waals surface area contributed by atoms with Crippen LogP contribution in [0.15, 0.2) is 18.3 Å². The zero-order valence-corrected chi connectivity index (χ0v) is 15.5. The van der Waals surface area contributed by atoms with Gasteiger partial charge in [0.1, 0.15) is 11.4 Å². The fraction of sp³-hybridized carbons (Fsp3) is 0.684. The second-order valence-electron chi connectivity index (χ2n) is 7.50. The number of ether oxygens (including phenoxy) is 1. The summed E-state index contributed by atoms with van der Waals surface area (Å²) in [5.74, 6) is 0.531. The number of hydrogen-bond donors (Lipinski definition) is 1. The Labute approximate surface area is 145 Å². The Morgan fingerprint density at radius 1 is 1.38 bits per heavy atom. The van der Waals surface area contributed by atoms with E-state index in [4.69, 9.17) is 4.74 Å². The minimum Gasteiger partial charge on any atom is -0.444 e. The van der Waals surface area contributed by atoms with Crippen molar-refractivity contribution in [2.45, 2.75) is 71.4 Å². The maximum Gasteiger partial charge on any atom is 0.413 e. The number of nitrogens with one attached hydrogen (secondary N) is 1. The van der Waals surface area contributed by atoms with Crippen molar-refractivity contribution in [2.75, 3.05) is 18.4 Å². The smallest absolute Gasteiger partial charge is 0.413 e. The van der Waals surface area contributed by atoms with Crippen molar-refractivity contribution in [3.63, 3.8) is 0 Å². The van der Waals surface area contributed by atoms with Gasteiger partial charge in [0.15, 0.2) is 0 Å². The minimum atomic E-state index is -0.508. The summed E-state index contributed by atoms with van der Waals surface area (Å²) < 4.78 is 5.25. The zero-order chi connectivity index (χ0) is 17.6. The van der Waals surface area contributed by atoms with Gasteiger partial charge in [0.2, 0.25) is 0 Å². The molecule has 1 N–H and O–H groups in total. The van der Waals surface area contributed by atoms with Crippen LogP contribution >= 0.6 is 0 Å². The number of unbranched alkanes of at least 4 members (excludes halogenated alkanes) is 1. The first-order valence-corrected chi connectivity index (χ1v) is 9.09. The molecule has 0 unspecified atom stereocenters. The maximum atomic E-state index is 11.8. The number of rotatable bonds is 5. The standard InChI is InChI=1S/C19H31N3O2/c1-5-6-12-22-13-8-7-9-16(22)15-10-11-17(20-14-15)21-18(23)24-19(2,3)4/h10-11,14,16H,5-9,12-13H2,1-4H3,(H,20,21,23)/t16-/m0/s1. The number of amides is 1. The second-order valence-corrected chi connectivity index (χ2v) is 7.50. The van der Waals surface area contributed by atoms with Gasteiger partial charge >= 0.3 is 6.09 Å². The predicted molar refractivity (Wildman–Crippen MR) is 97.2 cm³/mol. The van der Waals surface area contributed by atoms with E-state index in [9.17, 15) is 4.79 Å². The second kappa shape index (κ2) is 8.47. The number of carbonyl (C=O) groups excluding carboxylic acids is 1. The maximum absolute atomic E-state index is 11.8. The molecule has 1 saturated heterocycles. The summed E-state index contributed by atoms with van der Waals surface area (Å²) in [6.07, 6.45) is 7.62. The Morgan fingerprint density at radius 2 is 2.17 bits per heavy atom. The summed E-state index contributed by atoms with van der Waals surface area (Å²) in [5.41, 5.74) is 0.729. The Morgan fingerprint density at radius 3 is 2.79 bits per heavy atom. The van der Waals surface area contributed by atoms with Crippen LogP contribution in [-0.2, 0) is 4.74 Å². The highest BCUT2D eigenvalue weighted by molar-refractivity contribution is 5.83. The molecule has 1 aromatic heterocycles. The molecule has 0 bridgehead atoms. The van der Waals surface area contributed by atoms with Crippen LogP contribution in [0, 0.1) is 0 Å². The molecule has 134 valence electrons. The van der Waals surface area contributed by atoms with Crippen LogP contribution in [0.25, 0.3) is 0 Å². The molecule has 0 aliphatic carbocycles. The number of pyridine rings is 1. The highest BCUT2D eigenvalue weighted by Gasteiger charge is 2.23. The summed E-state index contributed by atoms with van der Waals surface area (Å²) in [5, 5.41) is 2.69. The van der Waals surface area contributed by atoms with Crippen molar-refractivity contribution in [1.29, 1.82) is 0 Å². The minimum absolute atomic E-state index is 0.452. The molecular weight excluding hydrogens is 302 g/mol. The van der Waals surface area contributed by atoms with Crippen molar-refractivity contribution in [2.24, 2.45) is 0 Å². The molecule has 0 aromatic carbocycles. The lowest BCUT2D eigenvalue weighted by Gasteiger charge is -2.36. The van der Waals surface area contributed by atoms with Gasteiger partial charge in [-0.05, 0) is 64.8 Å². The molecule has 0 spiro atoms. The third kappa shape index (κ3) is 5.78. The number of carbonyl (C=O) groups is 1. The first-order valence-electron chi connectivity index (χ1n) is 9.09. The molecule has 0 saturated carbocycles. The first kappa shape index (κ1) is 18.7. The van der Waals surface area contributed by atoms with Gasteiger partial charge < -0.3 is 4.74 Å². The highest BCUT2D eigenvalue weighted by Crippen LogP contribution is 2.31. The monoisotopic (exact) mass is 333 g/mol. The van der Waals surface area contributed by atoms with Gasteiger partial charge in [-0.1, -0.05) is 25.8 Å². The van der Waals surface area contributed by atoms with Crippen LogP contribution < -0.4 is 5.32 Å². The number of aromatic nitrogens is 1. The van der Waals surface area contributed by atoms with E-state index in [0.29, 0.717) is 11.9 Å². The van der Waals surface area contributed by atoms with Gasteiger partial charge in [-0.25, -0.2) is 9.78 Å². The third-order valence-corrected chi connectivity index (χ3v) is 4.21. The van der Waals surface area contributed by atoms with Gasteiger partial charge in [-0.3, -0.25) is 10.2 Å². The lowest BCUT2D eigenvalue weighted by molar-refractivity contribution is 0.0635. The quantitative estimate of drug-likeness (QED) is 0.844. The average Bonchev–Trinajstić information content (AvgIpc) is 2.52. The van der Waals surface area contributed by atoms with Crippen LogP contribution in [0.4, 0.5) is 10.6 Å². The fourth-order valence-corrected chi connectivity index (χ4v) is 3.08.